The second-order valence-electron chi connectivity index (χ2n) is 7.45. The van der Waals surface area contributed by atoms with Crippen LogP contribution < -0.4 is 15.4 Å². The number of allylic oxidation sites excluding steroid dienone is 1. The van der Waals surface area contributed by atoms with Crippen LogP contribution in [0, 0.1) is 0 Å². The van der Waals surface area contributed by atoms with Crippen LogP contribution in [-0.4, -0.2) is 25.2 Å². The largest absolute Gasteiger partial charge is 0.492 e. The van der Waals surface area contributed by atoms with Gasteiger partial charge in [-0.25, -0.2) is 9.59 Å². The molecule has 2 amide bonds. The molecule has 0 saturated carbocycles. The van der Waals surface area contributed by atoms with Gasteiger partial charge in [0.15, 0.2) is 0 Å². The molecule has 2 N–H and O–H groups in total. The van der Waals surface area contributed by atoms with E-state index in [9.17, 15) is 9.59 Å². The molecule has 0 bridgehead atoms. The number of hydrogen-bond donors (Lipinski definition) is 2. The lowest BCUT2D eigenvalue weighted by Gasteiger charge is -2.28. The van der Waals surface area contributed by atoms with Crippen molar-refractivity contribution in [1.29, 1.82) is 0 Å². The zero-order chi connectivity index (χ0) is 21.9. The van der Waals surface area contributed by atoms with E-state index in [0.29, 0.717) is 17.9 Å². The number of carbonyl (C=O) groups is 2. The minimum Gasteiger partial charge on any atom is -0.492 e. The third kappa shape index (κ3) is 7.04. The summed E-state index contributed by atoms with van der Waals surface area (Å²) < 4.78 is 11.9. The Kier molecular flexibility index (Phi) is 10.2. The zero-order valence-corrected chi connectivity index (χ0v) is 19.8. The van der Waals surface area contributed by atoms with Gasteiger partial charge in [0.1, 0.15) is 5.75 Å². The number of ether oxygens (including phenoxy) is 2. The van der Waals surface area contributed by atoms with E-state index in [2.05, 4.69) is 33.5 Å². The van der Waals surface area contributed by atoms with Crippen molar-refractivity contribution in [3.8, 4) is 5.75 Å². The summed E-state index contributed by atoms with van der Waals surface area (Å²) in [5.41, 5.74) is 1.68. The topological polar surface area (TPSA) is 76.7 Å². The lowest BCUT2D eigenvalue weighted by Crippen LogP contribution is -2.45. The van der Waals surface area contributed by atoms with E-state index in [1.54, 1.807) is 13.8 Å². The maximum atomic E-state index is 12.4. The fraction of sp³-hybridized carbons (Fsp3) is 0.565. The fourth-order valence-corrected chi connectivity index (χ4v) is 3.99. The normalized spacial score (nSPS) is 16.1. The second-order valence-corrected chi connectivity index (χ2v) is 8.30. The Morgan fingerprint density at radius 1 is 1.10 bits per heavy atom. The van der Waals surface area contributed by atoms with Crippen molar-refractivity contribution in [2.24, 2.45) is 0 Å². The second kappa shape index (κ2) is 12.6. The molecule has 1 aromatic rings. The molecule has 1 heterocycles. The van der Waals surface area contributed by atoms with Gasteiger partial charge in [-0.2, -0.15) is 0 Å². The van der Waals surface area contributed by atoms with Gasteiger partial charge in [0, 0.05) is 5.70 Å². The van der Waals surface area contributed by atoms with Crippen LogP contribution in [0.25, 0.3) is 0 Å². The van der Waals surface area contributed by atoms with Crippen LogP contribution in [0.5, 0.6) is 5.75 Å². The van der Waals surface area contributed by atoms with E-state index in [-0.39, 0.29) is 12.6 Å². The van der Waals surface area contributed by atoms with Crippen LogP contribution >= 0.6 is 15.9 Å². The first-order chi connectivity index (χ1) is 14.5. The van der Waals surface area contributed by atoms with Gasteiger partial charge in [-0.15, -0.1) is 0 Å². The molecule has 1 atom stereocenters. The lowest BCUT2D eigenvalue weighted by molar-refractivity contribution is -0.139. The van der Waals surface area contributed by atoms with E-state index in [1.807, 2.05) is 18.2 Å². The predicted octanol–water partition coefficient (Wildman–Crippen LogP) is 5.77. The minimum atomic E-state index is -0.578. The van der Waals surface area contributed by atoms with Gasteiger partial charge in [-0.05, 0) is 53.9 Å². The van der Waals surface area contributed by atoms with Crippen molar-refractivity contribution in [3.63, 3.8) is 0 Å². The Balaban J connectivity index is 1.98. The molecule has 1 aliphatic rings. The third-order valence-corrected chi connectivity index (χ3v) is 5.68. The lowest BCUT2D eigenvalue weighted by atomic mass is 9.95. The molecule has 6 nitrogen and oxygen atoms in total. The SMILES string of the molecule is CCCCCCCCCOc1ccc(C2NC(=O)NC(C)=C2C(=O)OCC)cc1Br. The molecular weight excluding hydrogens is 448 g/mol. The molecule has 0 radical (unpaired) electrons. The summed E-state index contributed by atoms with van der Waals surface area (Å²) in [6.45, 7) is 6.62. The fourth-order valence-electron chi connectivity index (χ4n) is 3.48. The summed E-state index contributed by atoms with van der Waals surface area (Å²) in [5, 5.41) is 5.45. The highest BCUT2D eigenvalue weighted by Gasteiger charge is 2.32. The number of halogens is 1. The number of hydrogen-bond acceptors (Lipinski definition) is 4. The number of esters is 1. The highest BCUT2D eigenvalue weighted by Crippen LogP contribution is 2.33. The summed E-state index contributed by atoms with van der Waals surface area (Å²) in [5.74, 6) is 0.311. The summed E-state index contributed by atoms with van der Waals surface area (Å²) in [6.07, 6.45) is 8.66. The van der Waals surface area contributed by atoms with E-state index in [0.717, 1.165) is 22.2 Å². The molecule has 0 fully saturated rings. The number of unbranched alkanes of at least 4 members (excludes halogenated alkanes) is 6. The Morgan fingerprint density at radius 2 is 1.80 bits per heavy atom. The highest BCUT2D eigenvalue weighted by atomic mass is 79.9. The maximum Gasteiger partial charge on any atom is 0.338 e. The summed E-state index contributed by atoms with van der Waals surface area (Å²) in [7, 11) is 0. The predicted molar refractivity (Wildman–Crippen MR) is 121 cm³/mol. The van der Waals surface area contributed by atoms with Crippen molar-refractivity contribution >= 4 is 27.9 Å². The number of rotatable bonds is 12. The van der Waals surface area contributed by atoms with E-state index >= 15 is 0 Å². The Hall–Kier alpha value is -2.02. The molecule has 0 spiro atoms. The minimum absolute atomic E-state index is 0.269. The number of nitrogens with one attached hydrogen (secondary N) is 2. The maximum absolute atomic E-state index is 12.4. The molecule has 0 saturated heterocycles. The van der Waals surface area contributed by atoms with Crippen molar-refractivity contribution in [2.45, 2.75) is 71.8 Å². The van der Waals surface area contributed by atoms with Crippen molar-refractivity contribution < 1.29 is 19.1 Å². The molecule has 30 heavy (non-hydrogen) atoms. The zero-order valence-electron chi connectivity index (χ0n) is 18.2. The quantitative estimate of drug-likeness (QED) is 0.294. The first-order valence-corrected chi connectivity index (χ1v) is 11.6. The van der Waals surface area contributed by atoms with Gasteiger partial charge in [-0.3, -0.25) is 0 Å². The van der Waals surface area contributed by atoms with Gasteiger partial charge in [0.05, 0.1) is 29.3 Å². The highest BCUT2D eigenvalue weighted by molar-refractivity contribution is 9.10. The van der Waals surface area contributed by atoms with Crippen LogP contribution in [0.15, 0.2) is 33.9 Å². The summed E-state index contributed by atoms with van der Waals surface area (Å²) in [4.78, 5) is 24.4. The summed E-state index contributed by atoms with van der Waals surface area (Å²) in [6, 6.07) is 4.69. The first kappa shape index (κ1) is 24.3. The molecule has 0 aliphatic carbocycles. The Morgan fingerprint density at radius 3 is 2.47 bits per heavy atom. The van der Waals surface area contributed by atoms with E-state index in [4.69, 9.17) is 9.47 Å². The van der Waals surface area contributed by atoms with Gasteiger partial charge < -0.3 is 20.1 Å². The Labute approximate surface area is 187 Å². The van der Waals surface area contributed by atoms with Crippen LogP contribution in [0.1, 0.15) is 77.3 Å². The van der Waals surface area contributed by atoms with Crippen molar-refractivity contribution in [1.82, 2.24) is 10.6 Å². The standard InChI is InChI=1S/C23H33BrN2O4/c1-4-6-7-8-9-10-11-14-30-19-13-12-17(15-18(19)24)21-20(22(27)29-5-2)16(3)25-23(28)26-21/h12-13,15,21H,4-11,14H2,1-3H3,(H2,25,26,28). The average Bonchev–Trinajstić information content (AvgIpc) is 2.70. The number of amides is 2. The molecule has 7 heteroatoms. The van der Waals surface area contributed by atoms with E-state index in [1.165, 1.54) is 38.5 Å². The van der Waals surface area contributed by atoms with Gasteiger partial charge >= 0.3 is 12.0 Å². The summed E-state index contributed by atoms with van der Waals surface area (Å²) >= 11 is 3.56. The molecule has 1 unspecified atom stereocenters. The first-order valence-electron chi connectivity index (χ1n) is 10.9. The number of benzene rings is 1. The van der Waals surface area contributed by atoms with Gasteiger partial charge in [0.2, 0.25) is 0 Å². The van der Waals surface area contributed by atoms with Gasteiger partial charge in [0.25, 0.3) is 0 Å². The molecule has 2 rings (SSSR count). The molecule has 1 aliphatic heterocycles. The van der Waals surface area contributed by atoms with Crippen LogP contribution in [0.4, 0.5) is 4.79 Å². The molecule has 0 aromatic heterocycles. The van der Waals surface area contributed by atoms with Crippen LogP contribution in [0.2, 0.25) is 0 Å². The Bertz CT molecular complexity index is 764. The number of urea groups is 1. The average molecular weight is 481 g/mol. The smallest absolute Gasteiger partial charge is 0.338 e. The third-order valence-electron chi connectivity index (χ3n) is 5.06. The van der Waals surface area contributed by atoms with E-state index < -0.39 is 12.0 Å². The monoisotopic (exact) mass is 480 g/mol. The van der Waals surface area contributed by atoms with Crippen molar-refractivity contribution in [2.75, 3.05) is 13.2 Å². The van der Waals surface area contributed by atoms with Crippen LogP contribution in [-0.2, 0) is 9.53 Å². The molecule has 1 aromatic carbocycles. The molecular formula is C23H33BrN2O4. The van der Waals surface area contributed by atoms with Crippen molar-refractivity contribution in [3.05, 3.63) is 39.5 Å². The molecule has 166 valence electrons. The number of carbonyl (C=O) groups excluding carboxylic acids is 2. The van der Waals surface area contributed by atoms with Crippen LogP contribution in [0.3, 0.4) is 0 Å². The van der Waals surface area contributed by atoms with Gasteiger partial charge in [-0.1, -0.05) is 51.5 Å².